The highest BCUT2D eigenvalue weighted by Gasteiger charge is 2.19. The van der Waals surface area contributed by atoms with Crippen LogP contribution in [0.1, 0.15) is 36.2 Å². The number of amides is 1. The average Bonchev–Trinajstić information content (AvgIpc) is 2.38. The molecule has 0 aliphatic rings. The van der Waals surface area contributed by atoms with E-state index < -0.39 is 5.97 Å². The first-order valence-corrected chi connectivity index (χ1v) is 5.98. The van der Waals surface area contributed by atoms with Crippen LogP contribution in [0.15, 0.2) is 24.3 Å². The van der Waals surface area contributed by atoms with Crippen molar-refractivity contribution >= 4 is 11.9 Å². The molecule has 0 radical (unpaired) electrons. The largest absolute Gasteiger partial charge is 0.481 e. The van der Waals surface area contributed by atoms with Crippen LogP contribution in [0.4, 0.5) is 0 Å². The van der Waals surface area contributed by atoms with Crippen molar-refractivity contribution in [3.8, 4) is 6.07 Å². The summed E-state index contributed by atoms with van der Waals surface area (Å²) >= 11 is 0. The lowest BCUT2D eigenvalue weighted by atomic mass is 10.1. The van der Waals surface area contributed by atoms with Crippen molar-refractivity contribution < 1.29 is 14.7 Å². The summed E-state index contributed by atoms with van der Waals surface area (Å²) in [6.45, 7) is 3.85. The number of carboxylic acid groups (broad SMARTS) is 1. The molecule has 1 aromatic rings. The number of hydrogen-bond acceptors (Lipinski definition) is 3. The van der Waals surface area contributed by atoms with Crippen molar-refractivity contribution in [3.05, 3.63) is 35.4 Å². The van der Waals surface area contributed by atoms with E-state index in [9.17, 15) is 9.59 Å². The molecule has 0 atom stereocenters. The number of rotatable bonds is 5. The summed E-state index contributed by atoms with van der Waals surface area (Å²) in [4.78, 5) is 24.4. The maximum Gasteiger partial charge on any atom is 0.305 e. The molecule has 1 aromatic carbocycles. The first-order chi connectivity index (χ1) is 8.95. The van der Waals surface area contributed by atoms with Gasteiger partial charge in [0.15, 0.2) is 0 Å². The SMILES string of the molecule is CC(C)N(CCC(=O)O)C(=O)c1ccc(C#N)cc1. The van der Waals surface area contributed by atoms with Crippen molar-refractivity contribution in [1.82, 2.24) is 4.90 Å². The second kappa shape index (κ2) is 6.55. The van der Waals surface area contributed by atoms with Crippen LogP contribution < -0.4 is 0 Å². The Hall–Kier alpha value is -2.35. The molecule has 0 spiro atoms. The Bertz CT molecular complexity index is 500. The Labute approximate surface area is 112 Å². The fourth-order valence-electron chi connectivity index (χ4n) is 1.66. The van der Waals surface area contributed by atoms with Gasteiger partial charge in [-0.05, 0) is 38.1 Å². The summed E-state index contributed by atoms with van der Waals surface area (Å²) in [6, 6.07) is 8.21. The van der Waals surface area contributed by atoms with Gasteiger partial charge < -0.3 is 10.0 Å². The van der Waals surface area contributed by atoms with Gasteiger partial charge in [-0.15, -0.1) is 0 Å². The number of nitrogens with zero attached hydrogens (tertiary/aromatic N) is 2. The van der Waals surface area contributed by atoms with Crippen LogP contribution in [-0.2, 0) is 4.79 Å². The second-order valence-corrected chi connectivity index (χ2v) is 4.43. The Morgan fingerprint density at radius 1 is 1.32 bits per heavy atom. The predicted molar refractivity (Wildman–Crippen MR) is 69.6 cm³/mol. The fourth-order valence-corrected chi connectivity index (χ4v) is 1.66. The first kappa shape index (κ1) is 14.7. The molecule has 1 N–H and O–H groups in total. The van der Waals surface area contributed by atoms with Crippen LogP contribution in [0, 0.1) is 11.3 Å². The predicted octanol–water partition coefficient (Wildman–Crippen LogP) is 1.88. The molecule has 0 aliphatic carbocycles. The summed E-state index contributed by atoms with van der Waals surface area (Å²) in [7, 11) is 0. The zero-order valence-electron chi connectivity index (χ0n) is 11.0. The summed E-state index contributed by atoms with van der Waals surface area (Å²) in [5.74, 6) is -1.15. The lowest BCUT2D eigenvalue weighted by molar-refractivity contribution is -0.137. The van der Waals surface area contributed by atoms with Crippen LogP contribution in [0.25, 0.3) is 0 Å². The lowest BCUT2D eigenvalue weighted by Gasteiger charge is -2.26. The number of hydrogen-bond donors (Lipinski definition) is 1. The van der Waals surface area contributed by atoms with Crippen LogP contribution in [0.5, 0.6) is 0 Å². The molecule has 5 nitrogen and oxygen atoms in total. The van der Waals surface area contributed by atoms with Crippen molar-refractivity contribution in [1.29, 1.82) is 5.26 Å². The van der Waals surface area contributed by atoms with Crippen molar-refractivity contribution in [2.45, 2.75) is 26.3 Å². The van der Waals surface area contributed by atoms with Gasteiger partial charge in [0.25, 0.3) is 5.91 Å². The third-order valence-electron chi connectivity index (χ3n) is 2.71. The van der Waals surface area contributed by atoms with Crippen LogP contribution in [-0.4, -0.2) is 34.5 Å². The van der Waals surface area contributed by atoms with E-state index in [1.54, 1.807) is 24.3 Å². The van der Waals surface area contributed by atoms with Gasteiger partial charge in [0.2, 0.25) is 0 Å². The lowest BCUT2D eigenvalue weighted by Crippen LogP contribution is -2.38. The molecular formula is C14H16N2O3. The van der Waals surface area contributed by atoms with Gasteiger partial charge in [-0.2, -0.15) is 5.26 Å². The smallest absolute Gasteiger partial charge is 0.305 e. The van der Waals surface area contributed by atoms with E-state index in [1.807, 2.05) is 19.9 Å². The zero-order valence-corrected chi connectivity index (χ0v) is 11.0. The third kappa shape index (κ3) is 4.11. The van der Waals surface area contributed by atoms with Gasteiger partial charge in [0.05, 0.1) is 18.1 Å². The third-order valence-corrected chi connectivity index (χ3v) is 2.71. The van der Waals surface area contributed by atoms with Crippen LogP contribution in [0.3, 0.4) is 0 Å². The fraction of sp³-hybridized carbons (Fsp3) is 0.357. The van der Waals surface area contributed by atoms with E-state index in [1.165, 1.54) is 4.90 Å². The topological polar surface area (TPSA) is 81.4 Å². The van der Waals surface area contributed by atoms with Gasteiger partial charge in [-0.3, -0.25) is 9.59 Å². The van der Waals surface area contributed by atoms with E-state index in [0.717, 1.165) is 0 Å². The monoisotopic (exact) mass is 260 g/mol. The molecule has 0 saturated carbocycles. The molecule has 0 heterocycles. The average molecular weight is 260 g/mol. The maximum atomic E-state index is 12.2. The maximum absolute atomic E-state index is 12.2. The normalized spacial score (nSPS) is 10.0. The number of carboxylic acids is 1. The van der Waals surface area contributed by atoms with E-state index >= 15 is 0 Å². The Morgan fingerprint density at radius 2 is 1.89 bits per heavy atom. The zero-order chi connectivity index (χ0) is 14.4. The minimum Gasteiger partial charge on any atom is -0.481 e. The molecule has 1 amide bonds. The standard InChI is InChI=1S/C14H16N2O3/c1-10(2)16(8-7-13(17)18)14(19)12-5-3-11(9-15)4-6-12/h3-6,10H,7-8H2,1-2H3,(H,17,18). The molecule has 100 valence electrons. The van der Waals surface area contributed by atoms with Crippen molar-refractivity contribution in [3.63, 3.8) is 0 Å². The number of benzene rings is 1. The van der Waals surface area contributed by atoms with E-state index in [4.69, 9.17) is 10.4 Å². The minimum atomic E-state index is -0.932. The van der Waals surface area contributed by atoms with Gasteiger partial charge in [-0.25, -0.2) is 0 Å². The molecule has 0 fully saturated rings. The molecule has 5 heteroatoms. The van der Waals surface area contributed by atoms with E-state index in [2.05, 4.69) is 0 Å². The van der Waals surface area contributed by atoms with E-state index in [-0.39, 0.29) is 24.9 Å². The van der Waals surface area contributed by atoms with Gasteiger partial charge in [-0.1, -0.05) is 0 Å². The second-order valence-electron chi connectivity index (χ2n) is 4.43. The molecule has 1 rings (SSSR count). The van der Waals surface area contributed by atoms with Crippen molar-refractivity contribution in [2.24, 2.45) is 0 Å². The Morgan fingerprint density at radius 3 is 2.32 bits per heavy atom. The molecule has 0 saturated heterocycles. The summed E-state index contributed by atoms with van der Waals surface area (Å²) < 4.78 is 0. The van der Waals surface area contributed by atoms with Crippen molar-refractivity contribution in [2.75, 3.05) is 6.54 Å². The molecule has 0 aliphatic heterocycles. The molecular weight excluding hydrogens is 244 g/mol. The minimum absolute atomic E-state index is 0.0810. The van der Waals surface area contributed by atoms with Gasteiger partial charge >= 0.3 is 5.97 Å². The number of nitriles is 1. The molecule has 19 heavy (non-hydrogen) atoms. The van der Waals surface area contributed by atoms with Crippen LogP contribution in [0.2, 0.25) is 0 Å². The molecule has 0 aromatic heterocycles. The highest BCUT2D eigenvalue weighted by atomic mass is 16.4. The highest BCUT2D eigenvalue weighted by Crippen LogP contribution is 2.10. The quantitative estimate of drug-likeness (QED) is 0.876. The highest BCUT2D eigenvalue weighted by molar-refractivity contribution is 5.94. The Kier molecular flexibility index (Phi) is 5.07. The van der Waals surface area contributed by atoms with Gasteiger partial charge in [0, 0.05) is 18.2 Å². The summed E-state index contributed by atoms with van der Waals surface area (Å²) in [5, 5.41) is 17.4. The Balaban J connectivity index is 2.86. The van der Waals surface area contributed by atoms with E-state index in [0.29, 0.717) is 11.1 Å². The number of aliphatic carboxylic acids is 1. The van der Waals surface area contributed by atoms with Crippen LogP contribution >= 0.6 is 0 Å². The molecule has 0 unspecified atom stereocenters. The molecule has 0 bridgehead atoms. The number of carbonyl (C=O) groups is 2. The summed E-state index contributed by atoms with van der Waals surface area (Å²) in [6.07, 6.45) is -0.0831. The van der Waals surface area contributed by atoms with Gasteiger partial charge in [0.1, 0.15) is 0 Å². The summed E-state index contributed by atoms with van der Waals surface area (Å²) in [5.41, 5.74) is 0.941. The number of carbonyl (C=O) groups excluding carboxylic acids is 1. The first-order valence-electron chi connectivity index (χ1n) is 5.98.